The Labute approximate surface area is 114 Å². The van der Waals surface area contributed by atoms with Gasteiger partial charge in [-0.25, -0.2) is 4.79 Å². The molecule has 0 aromatic carbocycles. The second kappa shape index (κ2) is 5.81. The van der Waals surface area contributed by atoms with Gasteiger partial charge in [-0.2, -0.15) is 0 Å². The quantitative estimate of drug-likeness (QED) is 0.423. The molecule has 0 aliphatic carbocycles. The van der Waals surface area contributed by atoms with Crippen molar-refractivity contribution in [2.45, 2.75) is 33.0 Å². The van der Waals surface area contributed by atoms with Crippen LogP contribution in [0.5, 0.6) is 0 Å². The zero-order valence-corrected chi connectivity index (χ0v) is 11.3. The smallest absolute Gasteiger partial charge is 0.378 e. The van der Waals surface area contributed by atoms with Gasteiger partial charge in [0, 0.05) is 0 Å². The van der Waals surface area contributed by atoms with Crippen molar-refractivity contribution in [3.8, 4) is 0 Å². The lowest BCUT2D eigenvalue weighted by atomic mass is 9.97. The molecule has 0 aromatic heterocycles. The summed E-state index contributed by atoms with van der Waals surface area (Å²) < 4.78 is 14.2. The average Bonchev–Trinajstić information content (AvgIpc) is 2.61. The number of aliphatic hydroxyl groups is 2. The van der Waals surface area contributed by atoms with Gasteiger partial charge < -0.3 is 24.4 Å². The number of esters is 2. The maximum atomic E-state index is 11.8. The monoisotopic (exact) mass is 288 g/mol. The Morgan fingerprint density at radius 1 is 1.45 bits per heavy atom. The van der Waals surface area contributed by atoms with Crippen molar-refractivity contribution >= 4 is 18.4 Å². The first kappa shape index (κ1) is 15.8. The Morgan fingerprint density at radius 2 is 2.05 bits per heavy atom. The molecule has 2 N–H and O–H groups in total. The fraction of sp³-hybridized carbons (Fsp3) is 0.583. The van der Waals surface area contributed by atoms with E-state index in [4.69, 9.17) is 4.74 Å². The molecule has 2 atom stereocenters. The van der Waals surface area contributed by atoms with Gasteiger partial charge in [0.15, 0.2) is 11.9 Å². The molecule has 0 amide bonds. The molecule has 112 valence electrons. The average molecular weight is 288 g/mol. The van der Waals surface area contributed by atoms with Crippen molar-refractivity contribution in [2.75, 3.05) is 6.61 Å². The third-order valence-corrected chi connectivity index (χ3v) is 2.48. The highest BCUT2D eigenvalue weighted by atomic mass is 16.6. The van der Waals surface area contributed by atoms with Gasteiger partial charge >= 0.3 is 11.9 Å². The molecule has 0 unspecified atom stereocenters. The van der Waals surface area contributed by atoms with E-state index < -0.39 is 47.7 Å². The first-order valence-corrected chi connectivity index (χ1v) is 5.78. The van der Waals surface area contributed by atoms with E-state index in [1.54, 1.807) is 20.8 Å². The minimum absolute atomic E-state index is 0.120. The summed E-state index contributed by atoms with van der Waals surface area (Å²) in [7, 11) is 0. The molecule has 20 heavy (non-hydrogen) atoms. The molecule has 0 radical (unpaired) electrons. The number of aliphatic hydroxyl groups excluding tert-OH is 2. The number of cyclic esters (lactones) is 1. The molecule has 8 heteroatoms. The number of rotatable bonds is 5. The fourth-order valence-electron chi connectivity index (χ4n) is 1.35. The summed E-state index contributed by atoms with van der Waals surface area (Å²) in [6.07, 6.45) is -2.66. The van der Waals surface area contributed by atoms with Crippen molar-refractivity contribution in [3.05, 3.63) is 11.5 Å². The van der Waals surface area contributed by atoms with Gasteiger partial charge in [-0.1, -0.05) is 0 Å². The van der Waals surface area contributed by atoms with Crippen LogP contribution in [0.3, 0.4) is 0 Å². The molecule has 0 spiro atoms. The number of carbonyl (C=O) groups is 3. The van der Waals surface area contributed by atoms with E-state index in [-0.39, 0.29) is 6.47 Å². The van der Waals surface area contributed by atoms with E-state index in [0.29, 0.717) is 0 Å². The Morgan fingerprint density at radius 3 is 2.45 bits per heavy atom. The third kappa shape index (κ3) is 3.40. The maximum absolute atomic E-state index is 11.8. The summed E-state index contributed by atoms with van der Waals surface area (Å²) in [6.45, 7) is 4.48. The fourth-order valence-corrected chi connectivity index (χ4v) is 1.35. The lowest BCUT2D eigenvalue weighted by Gasteiger charge is -2.25. The normalized spacial score (nSPS) is 20.4. The molecule has 0 saturated carbocycles. The predicted octanol–water partition coefficient (Wildman–Crippen LogP) is 0.370. The zero-order valence-electron chi connectivity index (χ0n) is 11.3. The second-order valence-corrected chi connectivity index (χ2v) is 5.18. The number of hydrogen-bond acceptors (Lipinski definition) is 8. The second-order valence-electron chi connectivity index (χ2n) is 5.18. The van der Waals surface area contributed by atoms with Crippen LogP contribution in [0.1, 0.15) is 20.8 Å². The summed E-state index contributed by atoms with van der Waals surface area (Å²) in [6, 6.07) is 0. The van der Waals surface area contributed by atoms with Crippen molar-refractivity contribution in [1.29, 1.82) is 0 Å². The Balaban J connectivity index is 2.88. The van der Waals surface area contributed by atoms with E-state index in [2.05, 4.69) is 9.47 Å². The van der Waals surface area contributed by atoms with Gasteiger partial charge in [0.05, 0.1) is 5.41 Å². The lowest BCUT2D eigenvalue weighted by molar-refractivity contribution is -0.174. The van der Waals surface area contributed by atoms with Crippen molar-refractivity contribution in [3.63, 3.8) is 0 Å². The largest absolute Gasteiger partial charge is 0.505 e. The SMILES string of the molecule is CC(C)(C)C(=O)O[C@@H](COC=O)[C@H]1OC(=O)C(O)=C1O. The van der Waals surface area contributed by atoms with E-state index in [0.717, 1.165) is 0 Å². The summed E-state index contributed by atoms with van der Waals surface area (Å²) in [5.74, 6) is -3.52. The summed E-state index contributed by atoms with van der Waals surface area (Å²) in [4.78, 5) is 33.1. The molecule has 1 heterocycles. The van der Waals surface area contributed by atoms with E-state index in [1.165, 1.54) is 0 Å². The van der Waals surface area contributed by atoms with Crippen LogP contribution in [-0.4, -0.2) is 47.4 Å². The Bertz CT molecular complexity index is 445. The number of carbonyl (C=O) groups excluding carboxylic acids is 3. The van der Waals surface area contributed by atoms with Crippen LogP contribution in [0, 0.1) is 5.41 Å². The van der Waals surface area contributed by atoms with Gasteiger partial charge in [0.1, 0.15) is 6.61 Å². The van der Waals surface area contributed by atoms with Crippen molar-refractivity contribution < 1.29 is 38.8 Å². The van der Waals surface area contributed by atoms with Crippen molar-refractivity contribution in [1.82, 2.24) is 0 Å². The van der Waals surface area contributed by atoms with Gasteiger partial charge in [-0.3, -0.25) is 9.59 Å². The summed E-state index contributed by atoms with van der Waals surface area (Å²) in [5.41, 5.74) is -0.844. The van der Waals surface area contributed by atoms with Gasteiger partial charge in [-0.15, -0.1) is 0 Å². The minimum Gasteiger partial charge on any atom is -0.505 e. The standard InChI is InChI=1S/C12H16O8/c1-12(2,3)11(17)19-6(4-18-5-13)9-7(14)8(15)10(16)20-9/h5-6,9,14-15H,4H2,1-3H3/t6-,9+/m0/s1. The molecule has 0 fully saturated rings. The van der Waals surface area contributed by atoms with Gasteiger partial charge in [0.25, 0.3) is 6.47 Å². The summed E-state index contributed by atoms with van der Waals surface area (Å²) in [5, 5.41) is 18.8. The minimum atomic E-state index is -1.41. The maximum Gasteiger partial charge on any atom is 0.378 e. The molecule has 1 aliphatic rings. The van der Waals surface area contributed by atoms with E-state index in [9.17, 15) is 24.6 Å². The molecule has 0 saturated heterocycles. The van der Waals surface area contributed by atoms with Crippen LogP contribution in [0.25, 0.3) is 0 Å². The predicted molar refractivity (Wildman–Crippen MR) is 63.5 cm³/mol. The van der Waals surface area contributed by atoms with Gasteiger partial charge in [0.2, 0.25) is 11.9 Å². The zero-order chi connectivity index (χ0) is 15.5. The first-order valence-electron chi connectivity index (χ1n) is 5.78. The van der Waals surface area contributed by atoms with Gasteiger partial charge in [-0.05, 0) is 20.8 Å². The van der Waals surface area contributed by atoms with Crippen LogP contribution < -0.4 is 0 Å². The lowest BCUT2D eigenvalue weighted by Crippen LogP contribution is -2.40. The molecule has 1 rings (SSSR count). The molecule has 8 nitrogen and oxygen atoms in total. The Kier molecular flexibility index (Phi) is 4.59. The van der Waals surface area contributed by atoms with Crippen LogP contribution in [-0.2, 0) is 28.6 Å². The van der Waals surface area contributed by atoms with Crippen LogP contribution in [0.2, 0.25) is 0 Å². The molecular formula is C12H16O8. The Hall–Kier alpha value is -2.25. The van der Waals surface area contributed by atoms with Crippen LogP contribution in [0.15, 0.2) is 11.5 Å². The van der Waals surface area contributed by atoms with E-state index in [1.807, 2.05) is 0 Å². The molecule has 1 aliphatic heterocycles. The van der Waals surface area contributed by atoms with Crippen LogP contribution in [0.4, 0.5) is 0 Å². The molecule has 0 aromatic rings. The highest BCUT2D eigenvalue weighted by molar-refractivity contribution is 5.89. The van der Waals surface area contributed by atoms with Crippen molar-refractivity contribution in [2.24, 2.45) is 5.41 Å². The third-order valence-electron chi connectivity index (χ3n) is 2.48. The highest BCUT2D eigenvalue weighted by Crippen LogP contribution is 2.25. The molecular weight excluding hydrogens is 272 g/mol. The summed E-state index contributed by atoms with van der Waals surface area (Å²) >= 11 is 0. The topological polar surface area (TPSA) is 119 Å². The molecule has 0 bridgehead atoms. The first-order chi connectivity index (χ1) is 9.18. The number of ether oxygens (including phenoxy) is 3. The van der Waals surface area contributed by atoms with Crippen LogP contribution >= 0.6 is 0 Å². The van der Waals surface area contributed by atoms with E-state index >= 15 is 0 Å². The number of hydrogen-bond donors (Lipinski definition) is 2. The highest BCUT2D eigenvalue weighted by Gasteiger charge is 2.43.